The van der Waals surface area contributed by atoms with E-state index in [1.54, 1.807) is 19.0 Å². The van der Waals surface area contributed by atoms with Crippen LogP contribution in [0.15, 0.2) is 28.8 Å². The number of likely N-dealkylation sites (N-methyl/N-ethyl adjacent to an activating group) is 1. The summed E-state index contributed by atoms with van der Waals surface area (Å²) in [5, 5.41) is 3.78. The van der Waals surface area contributed by atoms with Gasteiger partial charge in [0, 0.05) is 19.7 Å². The van der Waals surface area contributed by atoms with Crippen molar-refractivity contribution in [1.82, 2.24) is 19.9 Å². The summed E-state index contributed by atoms with van der Waals surface area (Å²) in [6.07, 6.45) is -2.79. The molecule has 0 aliphatic carbocycles. The zero-order chi connectivity index (χ0) is 18.9. The van der Waals surface area contributed by atoms with Crippen molar-refractivity contribution in [2.45, 2.75) is 31.6 Å². The molecule has 2 aromatic rings. The van der Waals surface area contributed by atoms with Crippen molar-refractivity contribution in [2.75, 3.05) is 20.6 Å². The summed E-state index contributed by atoms with van der Waals surface area (Å²) in [7, 11) is 3.41. The smallest absolute Gasteiger partial charge is 0.347 e. The highest BCUT2D eigenvalue weighted by molar-refractivity contribution is 5.81. The zero-order valence-electron chi connectivity index (χ0n) is 14.5. The fourth-order valence-electron chi connectivity index (χ4n) is 3.04. The number of likely N-dealkylation sites (tertiary alicyclic amines) is 1. The number of nitrogens with zero attached hydrogens (tertiary/aromatic N) is 4. The summed E-state index contributed by atoms with van der Waals surface area (Å²) < 4.78 is 43.7. The lowest BCUT2D eigenvalue weighted by atomic mass is 10.1. The molecule has 2 heterocycles. The van der Waals surface area contributed by atoms with Crippen LogP contribution in [0.4, 0.5) is 13.2 Å². The molecule has 0 radical (unpaired) electrons. The van der Waals surface area contributed by atoms with E-state index in [-0.39, 0.29) is 35.8 Å². The lowest BCUT2D eigenvalue weighted by Crippen LogP contribution is -2.42. The first kappa shape index (κ1) is 18.4. The molecule has 9 heteroatoms. The minimum atomic E-state index is -4.43. The quantitative estimate of drug-likeness (QED) is 0.831. The number of hydrogen-bond acceptors (Lipinski definition) is 5. The van der Waals surface area contributed by atoms with Gasteiger partial charge in [0.1, 0.15) is 0 Å². The van der Waals surface area contributed by atoms with Crippen LogP contribution in [-0.4, -0.2) is 52.5 Å². The largest absolute Gasteiger partial charge is 0.416 e. The molecule has 3 rings (SSSR count). The zero-order valence-corrected chi connectivity index (χ0v) is 14.5. The maximum absolute atomic E-state index is 12.8. The average molecular weight is 368 g/mol. The summed E-state index contributed by atoms with van der Waals surface area (Å²) in [4.78, 5) is 19.9. The van der Waals surface area contributed by atoms with Crippen LogP contribution < -0.4 is 0 Å². The van der Waals surface area contributed by atoms with E-state index in [1.807, 2.05) is 4.90 Å². The first-order valence-corrected chi connectivity index (χ1v) is 8.21. The van der Waals surface area contributed by atoms with Crippen molar-refractivity contribution >= 4 is 5.91 Å². The number of rotatable bonds is 4. The number of carbonyl (C=O) groups is 1. The predicted molar refractivity (Wildman–Crippen MR) is 86.9 cm³/mol. The molecule has 0 bridgehead atoms. The van der Waals surface area contributed by atoms with Gasteiger partial charge in [-0.2, -0.15) is 18.2 Å². The predicted octanol–water partition coefficient (Wildman–Crippen LogP) is 2.81. The number of benzene rings is 1. The summed E-state index contributed by atoms with van der Waals surface area (Å²) in [6.45, 7) is 1.02. The van der Waals surface area contributed by atoms with E-state index in [2.05, 4.69) is 10.1 Å². The molecule has 1 amide bonds. The maximum atomic E-state index is 12.8. The second kappa shape index (κ2) is 7.06. The molecule has 0 spiro atoms. The molecule has 1 atom stereocenters. The third kappa shape index (κ3) is 3.87. The lowest BCUT2D eigenvalue weighted by Gasteiger charge is -2.24. The van der Waals surface area contributed by atoms with E-state index < -0.39 is 11.7 Å². The van der Waals surface area contributed by atoms with E-state index in [0.29, 0.717) is 0 Å². The molecule has 6 nitrogen and oxygen atoms in total. The molecule has 1 aromatic heterocycles. The molecule has 1 aliphatic rings. The van der Waals surface area contributed by atoms with Crippen molar-refractivity contribution < 1.29 is 22.5 Å². The van der Waals surface area contributed by atoms with Crippen LogP contribution in [0.3, 0.4) is 0 Å². The number of hydrogen-bond donors (Lipinski definition) is 0. The van der Waals surface area contributed by atoms with Crippen molar-refractivity contribution in [1.29, 1.82) is 0 Å². The Morgan fingerprint density at radius 3 is 2.85 bits per heavy atom. The maximum Gasteiger partial charge on any atom is 0.416 e. The SMILES string of the molecule is CN(C)C(=O)C1CCCN1Cc1nc(-c2cccc(C(F)(F)F)c2)no1. The Bertz CT molecular complexity index is 788. The summed E-state index contributed by atoms with van der Waals surface area (Å²) in [5.41, 5.74) is -0.533. The van der Waals surface area contributed by atoms with Gasteiger partial charge < -0.3 is 9.42 Å². The fourth-order valence-corrected chi connectivity index (χ4v) is 3.04. The normalized spacial score (nSPS) is 18.3. The third-order valence-electron chi connectivity index (χ3n) is 4.34. The Morgan fingerprint density at radius 2 is 2.15 bits per heavy atom. The fraction of sp³-hybridized carbons (Fsp3) is 0.471. The van der Waals surface area contributed by atoms with E-state index in [4.69, 9.17) is 4.52 Å². The van der Waals surface area contributed by atoms with Gasteiger partial charge >= 0.3 is 6.18 Å². The van der Waals surface area contributed by atoms with Crippen LogP contribution in [0, 0.1) is 0 Å². The average Bonchev–Trinajstić information content (AvgIpc) is 3.23. The van der Waals surface area contributed by atoms with E-state index in [1.165, 1.54) is 12.1 Å². The molecule has 1 fully saturated rings. The Kier molecular flexibility index (Phi) is 4.99. The molecular weight excluding hydrogens is 349 g/mol. The number of carbonyl (C=O) groups excluding carboxylic acids is 1. The van der Waals surface area contributed by atoms with Gasteiger partial charge in [-0.05, 0) is 31.5 Å². The molecule has 140 valence electrons. The van der Waals surface area contributed by atoms with Gasteiger partial charge in [0.15, 0.2) is 0 Å². The second-order valence-corrected chi connectivity index (χ2v) is 6.45. The van der Waals surface area contributed by atoms with Gasteiger partial charge in [-0.25, -0.2) is 0 Å². The summed E-state index contributed by atoms with van der Waals surface area (Å²) in [6, 6.07) is 4.54. The number of aromatic nitrogens is 2. The lowest BCUT2D eigenvalue weighted by molar-refractivity contribution is -0.137. The van der Waals surface area contributed by atoms with Gasteiger partial charge in [-0.1, -0.05) is 17.3 Å². The monoisotopic (exact) mass is 368 g/mol. The van der Waals surface area contributed by atoms with Gasteiger partial charge in [0.05, 0.1) is 18.2 Å². The first-order valence-electron chi connectivity index (χ1n) is 8.21. The van der Waals surface area contributed by atoms with Crippen molar-refractivity contribution in [3.8, 4) is 11.4 Å². The molecule has 1 saturated heterocycles. The number of amides is 1. The van der Waals surface area contributed by atoms with E-state index in [0.717, 1.165) is 31.5 Å². The van der Waals surface area contributed by atoms with Crippen LogP contribution in [0.5, 0.6) is 0 Å². The molecule has 1 unspecified atom stereocenters. The molecule has 0 N–H and O–H groups in total. The topological polar surface area (TPSA) is 62.5 Å². The Balaban J connectivity index is 1.75. The van der Waals surface area contributed by atoms with Crippen LogP contribution in [0.1, 0.15) is 24.3 Å². The first-order chi connectivity index (χ1) is 12.3. The Morgan fingerprint density at radius 1 is 1.38 bits per heavy atom. The second-order valence-electron chi connectivity index (χ2n) is 6.45. The summed E-state index contributed by atoms with van der Waals surface area (Å²) in [5.74, 6) is 0.386. The Hall–Kier alpha value is -2.42. The Labute approximate surface area is 148 Å². The third-order valence-corrected chi connectivity index (χ3v) is 4.34. The molecule has 1 aromatic carbocycles. The summed E-state index contributed by atoms with van der Waals surface area (Å²) >= 11 is 0. The van der Waals surface area contributed by atoms with E-state index in [9.17, 15) is 18.0 Å². The van der Waals surface area contributed by atoms with Crippen molar-refractivity contribution in [3.05, 3.63) is 35.7 Å². The van der Waals surface area contributed by atoms with Crippen LogP contribution in [0.2, 0.25) is 0 Å². The van der Waals surface area contributed by atoms with Crippen LogP contribution >= 0.6 is 0 Å². The van der Waals surface area contributed by atoms with Gasteiger partial charge in [-0.15, -0.1) is 0 Å². The molecular formula is C17H19F3N4O2. The minimum absolute atomic E-state index is 0.0140. The number of alkyl halides is 3. The molecule has 1 aliphatic heterocycles. The highest BCUT2D eigenvalue weighted by Gasteiger charge is 2.33. The molecule has 26 heavy (non-hydrogen) atoms. The number of halogens is 3. The van der Waals surface area contributed by atoms with Crippen LogP contribution in [-0.2, 0) is 17.5 Å². The van der Waals surface area contributed by atoms with Gasteiger partial charge in [0.25, 0.3) is 0 Å². The van der Waals surface area contributed by atoms with E-state index >= 15 is 0 Å². The molecule has 0 saturated carbocycles. The highest BCUT2D eigenvalue weighted by atomic mass is 19.4. The van der Waals surface area contributed by atoms with Gasteiger partial charge in [0.2, 0.25) is 17.6 Å². The van der Waals surface area contributed by atoms with Gasteiger partial charge in [-0.3, -0.25) is 9.69 Å². The van der Waals surface area contributed by atoms with Crippen molar-refractivity contribution in [2.24, 2.45) is 0 Å². The highest BCUT2D eigenvalue weighted by Crippen LogP contribution is 2.31. The van der Waals surface area contributed by atoms with Crippen molar-refractivity contribution in [3.63, 3.8) is 0 Å². The minimum Gasteiger partial charge on any atom is -0.347 e. The van der Waals surface area contributed by atoms with Crippen LogP contribution in [0.25, 0.3) is 11.4 Å². The standard InChI is InChI=1S/C17H19F3N4O2/c1-23(2)16(25)13-7-4-8-24(13)10-14-21-15(22-26-14)11-5-3-6-12(9-11)17(18,19)20/h3,5-6,9,13H,4,7-8,10H2,1-2H3.